The number of carbonyl (C=O) groups is 1. The number of nitrogens with zero attached hydrogens (tertiary/aromatic N) is 1. The number of hydrogen-bond acceptors (Lipinski definition) is 4. The van der Waals surface area contributed by atoms with Gasteiger partial charge in [0.05, 0.1) is 0 Å². The molecule has 0 aromatic heterocycles. The van der Waals surface area contributed by atoms with Gasteiger partial charge in [0.2, 0.25) is 0 Å². The number of carbonyl (C=O) groups excluding carboxylic acids is 1. The second-order valence-electron chi connectivity index (χ2n) is 3.99. The van der Waals surface area contributed by atoms with Crippen LogP contribution in [0.2, 0.25) is 0 Å². The van der Waals surface area contributed by atoms with Crippen molar-refractivity contribution < 1.29 is 10.0 Å². The summed E-state index contributed by atoms with van der Waals surface area (Å²) in [4.78, 5) is 11.4. The zero-order chi connectivity index (χ0) is 12.1. The molecule has 5 heteroatoms. The van der Waals surface area contributed by atoms with E-state index < -0.39 is 0 Å². The summed E-state index contributed by atoms with van der Waals surface area (Å²) in [5, 5.41) is 8.66. The monoisotopic (exact) mass is 252 g/mol. The second kappa shape index (κ2) is 6.05. The number of rotatable bonds is 4. The molecule has 0 spiro atoms. The molecule has 1 aliphatic heterocycles. The predicted octanol–water partition coefficient (Wildman–Crippen LogP) is 1.46. The summed E-state index contributed by atoms with van der Waals surface area (Å²) >= 11 is 1.67. The number of amides is 1. The van der Waals surface area contributed by atoms with E-state index in [-0.39, 0.29) is 11.9 Å². The molecule has 0 radical (unpaired) electrons. The molecule has 2 rings (SSSR count). The Morgan fingerprint density at radius 1 is 1.47 bits per heavy atom. The standard InChI is InChI=1S/C12H16N2O2S/c15-12(13-16)11-7-9-17-14(11)8-6-10-4-2-1-3-5-10/h1-5,11,16H,6-9H2,(H,13,15). The van der Waals surface area contributed by atoms with Crippen LogP contribution in [0.5, 0.6) is 0 Å². The van der Waals surface area contributed by atoms with Crippen LogP contribution in [0.4, 0.5) is 0 Å². The molecule has 1 aromatic carbocycles. The first-order valence-corrected chi connectivity index (χ1v) is 6.63. The minimum Gasteiger partial charge on any atom is -0.289 e. The van der Waals surface area contributed by atoms with Crippen molar-refractivity contribution >= 4 is 17.9 Å². The molecule has 2 N–H and O–H groups in total. The summed E-state index contributed by atoms with van der Waals surface area (Å²) in [5.41, 5.74) is 3.01. The van der Waals surface area contributed by atoms with Crippen LogP contribution in [-0.2, 0) is 11.2 Å². The molecule has 0 saturated carbocycles. The first-order valence-electron chi connectivity index (χ1n) is 5.68. The third kappa shape index (κ3) is 3.21. The first kappa shape index (κ1) is 12.4. The molecule has 0 aliphatic carbocycles. The number of hydrogen-bond donors (Lipinski definition) is 2. The lowest BCUT2D eigenvalue weighted by molar-refractivity contribution is -0.132. The van der Waals surface area contributed by atoms with Crippen LogP contribution in [0.1, 0.15) is 12.0 Å². The van der Waals surface area contributed by atoms with Crippen LogP contribution >= 0.6 is 11.9 Å². The Morgan fingerprint density at radius 3 is 2.94 bits per heavy atom. The van der Waals surface area contributed by atoms with Gasteiger partial charge in [0.15, 0.2) is 0 Å². The molecule has 1 fully saturated rings. The van der Waals surface area contributed by atoms with Gasteiger partial charge in [-0.1, -0.05) is 42.3 Å². The third-order valence-electron chi connectivity index (χ3n) is 2.87. The number of benzene rings is 1. The fraction of sp³-hybridized carbons (Fsp3) is 0.417. The summed E-state index contributed by atoms with van der Waals surface area (Å²) in [5.74, 6) is 0.635. The summed E-state index contributed by atoms with van der Waals surface area (Å²) in [6, 6.07) is 10.0. The second-order valence-corrected chi connectivity index (χ2v) is 5.13. The van der Waals surface area contributed by atoms with Gasteiger partial charge in [-0.05, 0) is 18.4 Å². The molecular formula is C12H16N2O2S. The summed E-state index contributed by atoms with van der Waals surface area (Å²) in [6.07, 6.45) is 1.72. The van der Waals surface area contributed by atoms with Crippen LogP contribution < -0.4 is 5.48 Å². The topological polar surface area (TPSA) is 52.6 Å². The van der Waals surface area contributed by atoms with E-state index >= 15 is 0 Å². The summed E-state index contributed by atoms with van der Waals surface area (Å²) in [7, 11) is 0. The van der Waals surface area contributed by atoms with Crippen molar-refractivity contribution in [1.82, 2.24) is 9.79 Å². The lowest BCUT2D eigenvalue weighted by atomic mass is 10.1. The van der Waals surface area contributed by atoms with Gasteiger partial charge in [0, 0.05) is 12.3 Å². The highest BCUT2D eigenvalue weighted by Gasteiger charge is 2.30. The fourth-order valence-corrected chi connectivity index (χ4v) is 3.12. The highest BCUT2D eigenvalue weighted by atomic mass is 32.2. The van der Waals surface area contributed by atoms with Gasteiger partial charge in [-0.3, -0.25) is 10.0 Å². The van der Waals surface area contributed by atoms with E-state index in [4.69, 9.17) is 5.21 Å². The molecule has 1 atom stereocenters. The quantitative estimate of drug-likeness (QED) is 0.484. The SMILES string of the molecule is O=C(NO)C1CCSN1CCc1ccccc1. The average molecular weight is 252 g/mol. The van der Waals surface area contributed by atoms with Crippen LogP contribution in [0.15, 0.2) is 30.3 Å². The smallest absolute Gasteiger partial charge is 0.261 e. The molecule has 1 heterocycles. The molecule has 1 aliphatic rings. The van der Waals surface area contributed by atoms with E-state index in [2.05, 4.69) is 16.4 Å². The fourth-order valence-electron chi connectivity index (χ4n) is 1.96. The third-order valence-corrected chi connectivity index (χ3v) is 4.06. The number of nitrogens with one attached hydrogen (secondary N) is 1. The lowest BCUT2D eigenvalue weighted by Crippen LogP contribution is -2.40. The summed E-state index contributed by atoms with van der Waals surface area (Å²) < 4.78 is 2.05. The van der Waals surface area contributed by atoms with E-state index in [0.29, 0.717) is 0 Å². The van der Waals surface area contributed by atoms with E-state index in [9.17, 15) is 4.79 Å². The molecular weight excluding hydrogens is 236 g/mol. The van der Waals surface area contributed by atoms with Crippen molar-refractivity contribution in [1.29, 1.82) is 0 Å². The average Bonchev–Trinajstić information content (AvgIpc) is 2.85. The first-order chi connectivity index (χ1) is 8.31. The highest BCUT2D eigenvalue weighted by Crippen LogP contribution is 2.27. The maximum atomic E-state index is 11.4. The Hall–Kier alpha value is -1.04. The predicted molar refractivity (Wildman–Crippen MR) is 67.6 cm³/mol. The number of hydroxylamine groups is 1. The molecule has 17 heavy (non-hydrogen) atoms. The van der Waals surface area contributed by atoms with Crippen molar-refractivity contribution in [3.8, 4) is 0 Å². The van der Waals surface area contributed by atoms with E-state index in [0.717, 1.165) is 25.1 Å². The van der Waals surface area contributed by atoms with Crippen LogP contribution in [0.3, 0.4) is 0 Å². The largest absolute Gasteiger partial charge is 0.289 e. The Kier molecular flexibility index (Phi) is 4.42. The highest BCUT2D eigenvalue weighted by molar-refractivity contribution is 7.97. The van der Waals surface area contributed by atoms with Gasteiger partial charge in [-0.25, -0.2) is 9.79 Å². The molecule has 1 aromatic rings. The van der Waals surface area contributed by atoms with E-state index in [1.165, 1.54) is 5.56 Å². The Balaban J connectivity index is 1.88. The van der Waals surface area contributed by atoms with Crippen LogP contribution in [0, 0.1) is 0 Å². The maximum Gasteiger partial charge on any atom is 0.261 e. The molecule has 1 saturated heterocycles. The Bertz CT molecular complexity index is 372. The minimum atomic E-state index is -0.303. The normalized spacial score (nSPS) is 20.4. The van der Waals surface area contributed by atoms with Crippen LogP contribution in [-0.4, -0.2) is 33.8 Å². The van der Waals surface area contributed by atoms with E-state index in [1.54, 1.807) is 17.4 Å². The van der Waals surface area contributed by atoms with Crippen molar-refractivity contribution in [3.05, 3.63) is 35.9 Å². The van der Waals surface area contributed by atoms with Gasteiger partial charge in [-0.2, -0.15) is 0 Å². The van der Waals surface area contributed by atoms with Gasteiger partial charge in [0.1, 0.15) is 6.04 Å². The lowest BCUT2D eigenvalue weighted by Gasteiger charge is -2.20. The van der Waals surface area contributed by atoms with Crippen molar-refractivity contribution in [2.24, 2.45) is 0 Å². The van der Waals surface area contributed by atoms with Crippen molar-refractivity contribution in [2.45, 2.75) is 18.9 Å². The maximum absolute atomic E-state index is 11.4. The van der Waals surface area contributed by atoms with E-state index in [1.807, 2.05) is 18.2 Å². The molecule has 1 amide bonds. The summed E-state index contributed by atoms with van der Waals surface area (Å²) in [6.45, 7) is 0.826. The van der Waals surface area contributed by atoms with Crippen molar-refractivity contribution in [2.75, 3.05) is 12.3 Å². The Morgan fingerprint density at radius 2 is 2.24 bits per heavy atom. The van der Waals surface area contributed by atoms with Crippen LogP contribution in [0.25, 0.3) is 0 Å². The van der Waals surface area contributed by atoms with Gasteiger partial charge in [0.25, 0.3) is 5.91 Å². The molecule has 92 valence electrons. The molecule has 0 bridgehead atoms. The van der Waals surface area contributed by atoms with Gasteiger partial charge in [-0.15, -0.1) is 0 Å². The zero-order valence-corrected chi connectivity index (χ0v) is 10.3. The van der Waals surface area contributed by atoms with Crippen molar-refractivity contribution in [3.63, 3.8) is 0 Å². The minimum absolute atomic E-state index is 0.200. The van der Waals surface area contributed by atoms with Gasteiger partial charge < -0.3 is 0 Å². The zero-order valence-electron chi connectivity index (χ0n) is 9.50. The van der Waals surface area contributed by atoms with Gasteiger partial charge >= 0.3 is 0 Å². The molecule has 1 unspecified atom stereocenters. The Labute approximate surface area is 105 Å². The molecule has 4 nitrogen and oxygen atoms in total.